The Kier molecular flexibility index (Phi) is 6.85. The molecule has 1 saturated heterocycles. The van der Waals surface area contributed by atoms with E-state index in [1.807, 2.05) is 24.3 Å². The third-order valence-electron chi connectivity index (χ3n) is 7.48. The van der Waals surface area contributed by atoms with Crippen molar-refractivity contribution in [1.29, 1.82) is 0 Å². The van der Waals surface area contributed by atoms with Crippen LogP contribution in [0.15, 0.2) is 36.4 Å². The van der Waals surface area contributed by atoms with Crippen molar-refractivity contribution in [2.45, 2.75) is 63.3 Å². The van der Waals surface area contributed by atoms with Gasteiger partial charge in [-0.25, -0.2) is 4.79 Å². The highest BCUT2D eigenvalue weighted by atomic mass is 19.4. The Labute approximate surface area is 214 Å². The van der Waals surface area contributed by atoms with Gasteiger partial charge in [0.25, 0.3) is 6.10 Å². The third-order valence-corrected chi connectivity index (χ3v) is 7.48. The molecule has 0 aliphatic carbocycles. The van der Waals surface area contributed by atoms with E-state index in [1.54, 1.807) is 12.1 Å². The molecule has 0 spiro atoms. The fraction of sp³-hybridized carbons (Fsp3) is 0.500. The van der Waals surface area contributed by atoms with Gasteiger partial charge in [0, 0.05) is 13.1 Å². The van der Waals surface area contributed by atoms with Crippen LogP contribution in [0.5, 0.6) is 0 Å². The predicted octanol–water partition coefficient (Wildman–Crippen LogP) is 5.32. The average molecular weight is 545 g/mol. The number of fused-ring (bicyclic) bond motifs is 2. The molecule has 3 aliphatic rings. The minimum absolute atomic E-state index is 0.121. The fourth-order valence-corrected chi connectivity index (χ4v) is 5.43. The number of rotatable bonds is 4. The lowest BCUT2D eigenvalue weighted by molar-refractivity contribution is -0.308. The molecule has 0 unspecified atom stereocenters. The third kappa shape index (κ3) is 4.96. The number of carbonyl (C=O) groups is 1. The van der Waals surface area contributed by atoms with E-state index < -0.39 is 36.1 Å². The van der Waals surface area contributed by atoms with Crippen LogP contribution in [0.1, 0.15) is 46.2 Å². The quantitative estimate of drug-likeness (QED) is 0.527. The zero-order chi connectivity index (χ0) is 27.3. The maximum Gasteiger partial charge on any atom is 0.434 e. The summed E-state index contributed by atoms with van der Waals surface area (Å²) in [7, 11) is 0. The molecule has 0 radical (unpaired) electrons. The molecule has 1 fully saturated rings. The lowest BCUT2D eigenvalue weighted by Crippen LogP contribution is -2.50. The molecule has 5 rings (SSSR count). The van der Waals surface area contributed by atoms with Gasteiger partial charge in [0.05, 0.1) is 26.4 Å². The van der Waals surface area contributed by atoms with Crippen LogP contribution in [0, 0.1) is 5.92 Å². The first-order valence-electron chi connectivity index (χ1n) is 12.1. The normalized spacial score (nSPS) is 18.6. The van der Waals surface area contributed by atoms with Gasteiger partial charge in [0.1, 0.15) is 5.60 Å². The summed E-state index contributed by atoms with van der Waals surface area (Å²) in [6.07, 6.45) is -17.2. The van der Waals surface area contributed by atoms with Gasteiger partial charge < -0.3 is 24.2 Å². The first kappa shape index (κ1) is 26.8. The van der Waals surface area contributed by atoms with Crippen molar-refractivity contribution in [3.63, 3.8) is 0 Å². The molecule has 1 N–H and O–H groups in total. The second kappa shape index (κ2) is 9.73. The van der Waals surface area contributed by atoms with Gasteiger partial charge in [0.2, 0.25) is 0 Å². The van der Waals surface area contributed by atoms with Gasteiger partial charge in [-0.3, -0.25) is 0 Å². The van der Waals surface area contributed by atoms with Crippen molar-refractivity contribution < 1.29 is 50.5 Å². The molecule has 12 heteroatoms. The van der Waals surface area contributed by atoms with Gasteiger partial charge in [-0.1, -0.05) is 24.3 Å². The Balaban J connectivity index is 1.39. The SMILES string of the molecule is O=C(OC(C(F)(F)F)C(F)(F)F)N1CCC(C(O)(c2ccc3c(c2)COC3)c2ccc3c(c2)COC3)CC1. The molecule has 0 aromatic heterocycles. The first-order chi connectivity index (χ1) is 17.9. The van der Waals surface area contributed by atoms with E-state index in [4.69, 9.17) is 9.47 Å². The lowest BCUT2D eigenvalue weighted by Gasteiger charge is -2.42. The van der Waals surface area contributed by atoms with Gasteiger partial charge in [-0.05, 0) is 64.3 Å². The minimum atomic E-state index is -5.79. The Bertz CT molecular complexity index is 1130. The summed E-state index contributed by atoms with van der Waals surface area (Å²) in [5.41, 5.74) is 3.51. The second-order valence-electron chi connectivity index (χ2n) is 9.83. The zero-order valence-electron chi connectivity index (χ0n) is 20.1. The number of halogens is 6. The van der Waals surface area contributed by atoms with Crippen LogP contribution in [-0.4, -0.2) is 47.6 Å². The maximum absolute atomic E-state index is 12.9. The standard InChI is InChI=1S/C26H25F6NO5/c27-25(28,29)22(26(30,31)32)38-23(34)33-7-5-19(6-8-33)24(35,20-3-1-15-11-36-13-17(15)9-20)21-4-2-16-12-37-14-18(16)10-21/h1-4,9-10,19,22,35H,5-8,11-14H2. The number of aliphatic hydroxyl groups is 1. The largest absolute Gasteiger partial charge is 0.434 e. The fourth-order valence-electron chi connectivity index (χ4n) is 5.43. The molecule has 38 heavy (non-hydrogen) atoms. The zero-order valence-corrected chi connectivity index (χ0v) is 20.1. The van der Waals surface area contributed by atoms with Crippen molar-refractivity contribution in [2.75, 3.05) is 13.1 Å². The Morgan fingerprint density at radius 2 is 1.26 bits per heavy atom. The summed E-state index contributed by atoms with van der Waals surface area (Å²) in [5.74, 6) is -0.492. The highest BCUT2D eigenvalue weighted by molar-refractivity contribution is 5.68. The molecule has 2 aromatic carbocycles. The highest BCUT2D eigenvalue weighted by Gasteiger charge is 2.60. The summed E-state index contributed by atoms with van der Waals surface area (Å²) >= 11 is 0. The highest BCUT2D eigenvalue weighted by Crippen LogP contribution is 2.44. The molecular weight excluding hydrogens is 520 g/mol. The maximum atomic E-state index is 12.9. The van der Waals surface area contributed by atoms with E-state index in [9.17, 15) is 36.2 Å². The van der Waals surface area contributed by atoms with Gasteiger partial charge in [-0.15, -0.1) is 0 Å². The summed E-state index contributed by atoms with van der Waals surface area (Å²) in [4.78, 5) is 13.1. The second-order valence-corrected chi connectivity index (χ2v) is 9.83. The number of hydrogen-bond donors (Lipinski definition) is 1. The number of piperidine rings is 1. The molecule has 0 atom stereocenters. The van der Waals surface area contributed by atoms with Crippen LogP contribution < -0.4 is 0 Å². The minimum Gasteiger partial charge on any atom is -0.426 e. The number of benzene rings is 2. The topological polar surface area (TPSA) is 68.2 Å². The number of alkyl halides is 6. The van der Waals surface area contributed by atoms with E-state index in [0.717, 1.165) is 27.2 Å². The number of likely N-dealkylation sites (tertiary alicyclic amines) is 1. The van der Waals surface area contributed by atoms with Gasteiger partial charge >= 0.3 is 18.4 Å². The first-order valence-corrected chi connectivity index (χ1v) is 12.1. The lowest BCUT2D eigenvalue weighted by atomic mass is 9.71. The Hall–Kier alpha value is -2.83. The van der Waals surface area contributed by atoms with Crippen LogP contribution in [0.3, 0.4) is 0 Å². The Morgan fingerprint density at radius 3 is 1.71 bits per heavy atom. The van der Waals surface area contributed by atoms with Crippen LogP contribution in [0.25, 0.3) is 0 Å². The van der Waals surface area contributed by atoms with Crippen LogP contribution >= 0.6 is 0 Å². The van der Waals surface area contributed by atoms with Crippen molar-refractivity contribution in [2.24, 2.45) is 5.92 Å². The Morgan fingerprint density at radius 1 is 0.816 bits per heavy atom. The monoisotopic (exact) mass is 545 g/mol. The summed E-state index contributed by atoms with van der Waals surface area (Å²) < 4.78 is 92.0. The molecule has 0 saturated carbocycles. The molecule has 3 aliphatic heterocycles. The molecular formula is C26H25F6NO5. The number of nitrogens with zero attached hydrogens (tertiary/aromatic N) is 1. The van der Waals surface area contributed by atoms with Crippen LogP contribution in [0.2, 0.25) is 0 Å². The van der Waals surface area contributed by atoms with Crippen molar-refractivity contribution in [3.8, 4) is 0 Å². The van der Waals surface area contributed by atoms with Crippen LogP contribution in [0.4, 0.5) is 31.1 Å². The number of hydrogen-bond acceptors (Lipinski definition) is 5. The van der Waals surface area contributed by atoms with Crippen molar-refractivity contribution >= 4 is 6.09 Å². The number of carbonyl (C=O) groups excluding carboxylic acids is 1. The van der Waals surface area contributed by atoms with Crippen molar-refractivity contribution in [3.05, 3.63) is 69.8 Å². The molecule has 3 heterocycles. The van der Waals surface area contributed by atoms with E-state index in [0.29, 0.717) is 37.6 Å². The number of ether oxygens (including phenoxy) is 3. The van der Waals surface area contributed by atoms with Crippen molar-refractivity contribution in [1.82, 2.24) is 4.90 Å². The molecule has 2 aromatic rings. The van der Waals surface area contributed by atoms with Gasteiger partial charge in [-0.2, -0.15) is 26.3 Å². The molecule has 1 amide bonds. The predicted molar refractivity (Wildman–Crippen MR) is 120 cm³/mol. The molecule has 0 bridgehead atoms. The summed E-state index contributed by atoms with van der Waals surface area (Å²) in [6, 6.07) is 11.1. The van der Waals surface area contributed by atoms with Crippen LogP contribution in [-0.2, 0) is 46.2 Å². The van der Waals surface area contributed by atoms with Gasteiger partial charge in [0.15, 0.2) is 0 Å². The summed E-state index contributed by atoms with van der Waals surface area (Å²) in [5, 5.41) is 12.3. The number of amides is 1. The van der Waals surface area contributed by atoms with E-state index in [-0.39, 0.29) is 25.9 Å². The van der Waals surface area contributed by atoms with E-state index in [2.05, 4.69) is 4.74 Å². The average Bonchev–Trinajstić information content (AvgIpc) is 3.53. The summed E-state index contributed by atoms with van der Waals surface area (Å²) in [6.45, 7) is 1.33. The van der Waals surface area contributed by atoms with E-state index in [1.165, 1.54) is 0 Å². The van der Waals surface area contributed by atoms with E-state index >= 15 is 0 Å². The smallest absolute Gasteiger partial charge is 0.426 e. The molecule has 6 nitrogen and oxygen atoms in total. The molecule has 206 valence electrons.